The molecule has 86 valence electrons. The Morgan fingerprint density at radius 3 is 2.25 bits per heavy atom. The molecule has 0 radical (unpaired) electrons. The van der Waals surface area contributed by atoms with Gasteiger partial charge < -0.3 is 5.11 Å². The molecule has 0 heterocycles. The van der Waals surface area contributed by atoms with E-state index in [9.17, 15) is 27.2 Å². The fraction of sp³-hybridized carbons (Fsp3) is 0.111. The van der Waals surface area contributed by atoms with Gasteiger partial charge in [0, 0.05) is 0 Å². The van der Waals surface area contributed by atoms with E-state index in [0.717, 1.165) is 0 Å². The van der Waals surface area contributed by atoms with Crippen LogP contribution in [0.2, 0.25) is 0 Å². The van der Waals surface area contributed by atoms with Crippen molar-refractivity contribution in [1.82, 2.24) is 0 Å². The lowest BCUT2D eigenvalue weighted by atomic mass is 10.0. The molecule has 0 spiro atoms. The van der Waals surface area contributed by atoms with Crippen LogP contribution in [-0.2, 0) is 6.18 Å². The Hall–Kier alpha value is -1.92. The molecule has 0 aliphatic heterocycles. The van der Waals surface area contributed by atoms with E-state index in [-0.39, 0.29) is 12.4 Å². The summed E-state index contributed by atoms with van der Waals surface area (Å²) in [5, 5.41) is 8.48. The van der Waals surface area contributed by atoms with Crippen molar-refractivity contribution >= 4 is 12.3 Å². The summed E-state index contributed by atoms with van der Waals surface area (Å²) >= 11 is 0. The Labute approximate surface area is 86.3 Å². The first-order valence-electron chi connectivity index (χ1n) is 3.86. The van der Waals surface area contributed by atoms with Crippen LogP contribution in [0.25, 0.3) is 0 Å². The van der Waals surface area contributed by atoms with Gasteiger partial charge in [-0.15, -0.1) is 0 Å². The number of carbonyl (C=O) groups excluding carboxylic acids is 1. The first-order valence-corrected chi connectivity index (χ1v) is 3.86. The Balaban J connectivity index is 3.54. The largest absolute Gasteiger partial charge is 0.478 e. The Kier molecular flexibility index (Phi) is 2.97. The molecule has 0 aliphatic rings. The highest BCUT2D eigenvalue weighted by Crippen LogP contribution is 2.33. The molecule has 0 aromatic heterocycles. The summed E-state index contributed by atoms with van der Waals surface area (Å²) in [6.07, 6.45) is -5.22. The van der Waals surface area contributed by atoms with Crippen LogP contribution in [0.1, 0.15) is 26.3 Å². The van der Waals surface area contributed by atoms with Crippen molar-refractivity contribution < 1.29 is 32.3 Å². The molecule has 1 aromatic rings. The van der Waals surface area contributed by atoms with Crippen molar-refractivity contribution in [2.45, 2.75) is 6.18 Å². The molecule has 0 aliphatic carbocycles. The highest BCUT2D eigenvalue weighted by molar-refractivity contribution is 5.90. The maximum absolute atomic E-state index is 13.1. The molecular weight excluding hydrogens is 232 g/mol. The predicted octanol–water partition coefficient (Wildman–Crippen LogP) is 2.36. The molecule has 0 saturated heterocycles. The summed E-state index contributed by atoms with van der Waals surface area (Å²) in [4.78, 5) is 20.7. The van der Waals surface area contributed by atoms with Gasteiger partial charge in [0.2, 0.25) is 0 Å². The number of carboxylic acids is 1. The summed E-state index contributed by atoms with van der Waals surface area (Å²) in [6.45, 7) is 0. The SMILES string of the molecule is O=Cc1cc(C(=O)O)cc(C(F)(F)F)c1F. The molecule has 0 atom stereocenters. The van der Waals surface area contributed by atoms with Crippen LogP contribution >= 0.6 is 0 Å². The molecule has 0 fully saturated rings. The number of hydrogen-bond donors (Lipinski definition) is 1. The van der Waals surface area contributed by atoms with Gasteiger partial charge in [-0.1, -0.05) is 0 Å². The average Bonchev–Trinajstić information content (AvgIpc) is 2.15. The number of carbonyl (C=O) groups is 2. The monoisotopic (exact) mass is 236 g/mol. The van der Waals surface area contributed by atoms with Crippen LogP contribution < -0.4 is 0 Å². The van der Waals surface area contributed by atoms with Gasteiger partial charge in [0.05, 0.1) is 16.7 Å². The van der Waals surface area contributed by atoms with E-state index >= 15 is 0 Å². The zero-order chi connectivity index (χ0) is 12.5. The molecule has 1 N–H and O–H groups in total. The molecule has 16 heavy (non-hydrogen) atoms. The lowest BCUT2D eigenvalue weighted by Gasteiger charge is -2.10. The fourth-order valence-corrected chi connectivity index (χ4v) is 1.06. The minimum Gasteiger partial charge on any atom is -0.478 e. The van der Waals surface area contributed by atoms with E-state index in [2.05, 4.69) is 0 Å². The molecule has 1 rings (SSSR count). The van der Waals surface area contributed by atoms with Crippen LogP contribution in [0.3, 0.4) is 0 Å². The van der Waals surface area contributed by atoms with E-state index in [1.807, 2.05) is 0 Å². The summed E-state index contributed by atoms with van der Waals surface area (Å²) in [7, 11) is 0. The number of aromatic carboxylic acids is 1. The Morgan fingerprint density at radius 2 is 1.88 bits per heavy atom. The predicted molar refractivity (Wildman–Crippen MR) is 43.7 cm³/mol. The number of halogens is 4. The zero-order valence-corrected chi connectivity index (χ0v) is 7.51. The van der Waals surface area contributed by atoms with Gasteiger partial charge in [-0.05, 0) is 12.1 Å². The van der Waals surface area contributed by atoms with Crippen molar-refractivity contribution in [2.24, 2.45) is 0 Å². The lowest BCUT2D eigenvalue weighted by Crippen LogP contribution is -2.12. The third-order valence-corrected chi connectivity index (χ3v) is 1.78. The molecule has 0 bridgehead atoms. The number of aldehydes is 1. The van der Waals surface area contributed by atoms with E-state index < -0.39 is 34.7 Å². The number of benzene rings is 1. The minimum atomic E-state index is -5.05. The first-order chi connectivity index (χ1) is 7.27. The minimum absolute atomic E-state index is 0.144. The lowest BCUT2D eigenvalue weighted by molar-refractivity contribution is -0.140. The highest BCUT2D eigenvalue weighted by Gasteiger charge is 2.36. The quantitative estimate of drug-likeness (QED) is 0.633. The first kappa shape index (κ1) is 12.2. The Morgan fingerprint density at radius 1 is 1.31 bits per heavy atom. The van der Waals surface area contributed by atoms with Crippen molar-refractivity contribution in [3.05, 3.63) is 34.6 Å². The highest BCUT2D eigenvalue weighted by atomic mass is 19.4. The molecular formula is C9H4F4O3. The average molecular weight is 236 g/mol. The van der Waals surface area contributed by atoms with E-state index in [0.29, 0.717) is 6.07 Å². The second kappa shape index (κ2) is 3.92. The standard InChI is InChI=1S/C9H4F4O3/c10-7-5(3-14)1-4(8(15)16)2-6(7)9(11,12)13/h1-3H,(H,15,16). The van der Waals surface area contributed by atoms with Gasteiger partial charge in [0.1, 0.15) is 5.82 Å². The topological polar surface area (TPSA) is 54.4 Å². The van der Waals surface area contributed by atoms with E-state index in [1.54, 1.807) is 0 Å². The second-order valence-electron chi connectivity index (χ2n) is 2.85. The van der Waals surface area contributed by atoms with Gasteiger partial charge in [-0.3, -0.25) is 4.79 Å². The van der Waals surface area contributed by atoms with Crippen LogP contribution in [0.15, 0.2) is 12.1 Å². The summed E-state index contributed by atoms with van der Waals surface area (Å²) in [5.74, 6) is -3.44. The van der Waals surface area contributed by atoms with Gasteiger partial charge in [-0.2, -0.15) is 13.2 Å². The van der Waals surface area contributed by atoms with Gasteiger partial charge in [-0.25, -0.2) is 9.18 Å². The molecule has 3 nitrogen and oxygen atoms in total. The van der Waals surface area contributed by atoms with Gasteiger partial charge in [0.25, 0.3) is 0 Å². The maximum atomic E-state index is 13.1. The van der Waals surface area contributed by atoms with E-state index in [1.165, 1.54) is 0 Å². The second-order valence-corrected chi connectivity index (χ2v) is 2.85. The summed E-state index contributed by atoms with van der Waals surface area (Å²) in [5.41, 5.74) is -3.50. The molecule has 0 saturated carbocycles. The molecule has 1 aromatic carbocycles. The van der Waals surface area contributed by atoms with Crippen molar-refractivity contribution in [1.29, 1.82) is 0 Å². The van der Waals surface area contributed by atoms with Crippen LogP contribution in [0.5, 0.6) is 0 Å². The number of rotatable bonds is 2. The fourth-order valence-electron chi connectivity index (χ4n) is 1.06. The van der Waals surface area contributed by atoms with Gasteiger partial charge >= 0.3 is 12.1 Å². The molecule has 7 heteroatoms. The van der Waals surface area contributed by atoms with E-state index in [4.69, 9.17) is 5.11 Å². The van der Waals surface area contributed by atoms with Crippen LogP contribution in [0.4, 0.5) is 17.6 Å². The third kappa shape index (κ3) is 2.18. The summed E-state index contributed by atoms with van der Waals surface area (Å²) < 4.78 is 49.8. The van der Waals surface area contributed by atoms with Crippen LogP contribution in [-0.4, -0.2) is 17.4 Å². The zero-order valence-electron chi connectivity index (χ0n) is 7.51. The number of alkyl halides is 3. The van der Waals surface area contributed by atoms with Crippen molar-refractivity contribution in [3.63, 3.8) is 0 Å². The normalized spacial score (nSPS) is 11.2. The number of hydrogen-bond acceptors (Lipinski definition) is 2. The molecule has 0 amide bonds. The smallest absolute Gasteiger partial charge is 0.419 e. The van der Waals surface area contributed by atoms with Gasteiger partial charge in [0.15, 0.2) is 6.29 Å². The third-order valence-electron chi connectivity index (χ3n) is 1.78. The molecule has 0 unspecified atom stereocenters. The van der Waals surface area contributed by atoms with Crippen molar-refractivity contribution in [3.8, 4) is 0 Å². The summed E-state index contributed by atoms with van der Waals surface area (Å²) in [6, 6.07) is 0.685. The maximum Gasteiger partial charge on any atom is 0.419 e. The van der Waals surface area contributed by atoms with Crippen molar-refractivity contribution in [2.75, 3.05) is 0 Å². The Bertz CT molecular complexity index is 451. The number of carboxylic acid groups (broad SMARTS) is 1. The van der Waals surface area contributed by atoms with Crippen LogP contribution in [0, 0.1) is 5.82 Å².